The minimum atomic E-state index is 0.536. The fourth-order valence-electron chi connectivity index (χ4n) is 2.25. The Balaban J connectivity index is 1.69. The first-order valence-electron chi connectivity index (χ1n) is 6.39. The number of nitrogens with two attached hydrogens (primary N) is 1. The maximum Gasteiger partial charge on any atom is 0.122 e. The van der Waals surface area contributed by atoms with E-state index < -0.39 is 0 Å². The lowest BCUT2D eigenvalue weighted by atomic mass is 9.95. The second kappa shape index (κ2) is 5.53. The first kappa shape index (κ1) is 12.4. The predicted octanol–water partition coefficient (Wildman–Crippen LogP) is 3.32. The van der Waals surface area contributed by atoms with Crippen molar-refractivity contribution in [1.82, 2.24) is 4.98 Å². The average Bonchev–Trinajstić information content (AvgIpc) is 2.47. The number of fused-ring (bicyclic) bond motifs is 1. The molecule has 0 radical (unpaired) electrons. The van der Waals surface area contributed by atoms with E-state index in [1.165, 1.54) is 5.56 Å². The molecule has 0 fully saturated rings. The van der Waals surface area contributed by atoms with Crippen LogP contribution in [0, 0.1) is 0 Å². The van der Waals surface area contributed by atoms with Gasteiger partial charge in [-0.2, -0.15) is 0 Å². The van der Waals surface area contributed by atoms with E-state index in [0.717, 1.165) is 29.6 Å². The fraction of sp³-hybridized carbons (Fsp3) is 0.267. The number of rotatable bonds is 3. The van der Waals surface area contributed by atoms with Crippen LogP contribution in [0.3, 0.4) is 0 Å². The van der Waals surface area contributed by atoms with Gasteiger partial charge in [0.15, 0.2) is 0 Å². The molecule has 0 aliphatic carbocycles. The van der Waals surface area contributed by atoms with E-state index in [1.54, 1.807) is 18.0 Å². The summed E-state index contributed by atoms with van der Waals surface area (Å²) >= 11 is 1.78. The van der Waals surface area contributed by atoms with Gasteiger partial charge in [0.2, 0.25) is 0 Å². The van der Waals surface area contributed by atoms with Gasteiger partial charge in [0.05, 0.1) is 23.5 Å². The standard InChI is InChI=1S/C15H16N2OS/c16-12-5-6-15(17-9-12)19-10-11-7-8-18-14-4-2-1-3-13(11)14/h1-6,9,11H,7-8,10,16H2. The highest BCUT2D eigenvalue weighted by atomic mass is 32.2. The molecule has 3 rings (SSSR count). The first-order valence-corrected chi connectivity index (χ1v) is 7.37. The number of hydrogen-bond donors (Lipinski definition) is 1. The molecule has 0 saturated heterocycles. The number of thioether (sulfide) groups is 1. The minimum absolute atomic E-state index is 0.536. The molecular formula is C15H16N2OS. The summed E-state index contributed by atoms with van der Waals surface area (Å²) < 4.78 is 5.68. The first-order chi connectivity index (χ1) is 9.33. The van der Waals surface area contributed by atoms with Crippen LogP contribution in [0.5, 0.6) is 5.75 Å². The lowest BCUT2D eigenvalue weighted by molar-refractivity contribution is 0.273. The van der Waals surface area contributed by atoms with Crippen LogP contribution in [0.25, 0.3) is 0 Å². The third-order valence-corrected chi connectivity index (χ3v) is 4.38. The van der Waals surface area contributed by atoms with Crippen molar-refractivity contribution < 1.29 is 4.74 Å². The zero-order valence-electron chi connectivity index (χ0n) is 10.6. The number of hydrogen-bond acceptors (Lipinski definition) is 4. The molecule has 1 aromatic carbocycles. The minimum Gasteiger partial charge on any atom is -0.493 e. The molecule has 0 spiro atoms. The molecular weight excluding hydrogens is 256 g/mol. The van der Waals surface area contributed by atoms with Gasteiger partial charge in [0, 0.05) is 11.7 Å². The Morgan fingerprint density at radius 1 is 1.26 bits per heavy atom. The summed E-state index contributed by atoms with van der Waals surface area (Å²) in [6, 6.07) is 12.2. The van der Waals surface area contributed by atoms with Crippen molar-refractivity contribution in [2.24, 2.45) is 0 Å². The largest absolute Gasteiger partial charge is 0.493 e. The Hall–Kier alpha value is -1.68. The fourth-order valence-corrected chi connectivity index (χ4v) is 3.26. The van der Waals surface area contributed by atoms with Gasteiger partial charge in [0.25, 0.3) is 0 Å². The molecule has 2 aromatic rings. The van der Waals surface area contributed by atoms with E-state index in [4.69, 9.17) is 10.5 Å². The molecule has 1 aliphatic heterocycles. The van der Waals surface area contributed by atoms with Crippen LogP contribution in [-0.4, -0.2) is 17.3 Å². The third-order valence-electron chi connectivity index (χ3n) is 3.27. The van der Waals surface area contributed by atoms with Gasteiger partial charge in [-0.05, 0) is 30.2 Å². The van der Waals surface area contributed by atoms with E-state index in [0.29, 0.717) is 11.6 Å². The molecule has 1 atom stereocenters. The quantitative estimate of drug-likeness (QED) is 0.871. The van der Waals surface area contributed by atoms with Crippen molar-refractivity contribution in [2.45, 2.75) is 17.4 Å². The molecule has 98 valence electrons. The highest BCUT2D eigenvalue weighted by Crippen LogP contribution is 2.36. The van der Waals surface area contributed by atoms with Crippen LogP contribution in [-0.2, 0) is 0 Å². The predicted molar refractivity (Wildman–Crippen MR) is 78.7 cm³/mol. The van der Waals surface area contributed by atoms with Crippen molar-refractivity contribution in [1.29, 1.82) is 0 Å². The molecule has 1 unspecified atom stereocenters. The maximum absolute atomic E-state index is 5.68. The molecule has 2 N–H and O–H groups in total. The number of benzene rings is 1. The molecule has 0 saturated carbocycles. The monoisotopic (exact) mass is 272 g/mol. The summed E-state index contributed by atoms with van der Waals surface area (Å²) in [5.74, 6) is 2.59. The van der Waals surface area contributed by atoms with Gasteiger partial charge < -0.3 is 10.5 Å². The second-order valence-electron chi connectivity index (χ2n) is 4.61. The summed E-state index contributed by atoms with van der Waals surface area (Å²) in [5, 5.41) is 1.03. The highest BCUT2D eigenvalue weighted by Gasteiger charge is 2.21. The Morgan fingerprint density at radius 3 is 3.00 bits per heavy atom. The average molecular weight is 272 g/mol. The van der Waals surface area contributed by atoms with Gasteiger partial charge in [-0.1, -0.05) is 18.2 Å². The molecule has 0 amide bonds. The smallest absolute Gasteiger partial charge is 0.122 e. The highest BCUT2D eigenvalue weighted by molar-refractivity contribution is 7.99. The number of anilines is 1. The van der Waals surface area contributed by atoms with Crippen LogP contribution in [0.4, 0.5) is 5.69 Å². The van der Waals surface area contributed by atoms with Crippen LogP contribution in [0.1, 0.15) is 17.9 Å². The van der Waals surface area contributed by atoms with Crippen molar-refractivity contribution in [3.8, 4) is 5.75 Å². The van der Waals surface area contributed by atoms with Gasteiger partial charge in [0.1, 0.15) is 5.75 Å². The second-order valence-corrected chi connectivity index (χ2v) is 5.65. The lowest BCUT2D eigenvalue weighted by Crippen LogP contribution is -2.15. The summed E-state index contributed by atoms with van der Waals surface area (Å²) in [5.41, 5.74) is 7.67. The molecule has 2 heterocycles. The molecule has 0 bridgehead atoms. The zero-order valence-corrected chi connectivity index (χ0v) is 11.4. The van der Waals surface area contributed by atoms with Gasteiger partial charge in [-0.3, -0.25) is 0 Å². The van der Waals surface area contributed by atoms with E-state index in [2.05, 4.69) is 17.1 Å². The molecule has 1 aliphatic rings. The SMILES string of the molecule is Nc1ccc(SCC2CCOc3ccccc32)nc1. The summed E-state index contributed by atoms with van der Waals surface area (Å²) in [6.45, 7) is 0.803. The Morgan fingerprint density at radius 2 is 2.16 bits per heavy atom. The molecule has 19 heavy (non-hydrogen) atoms. The summed E-state index contributed by atoms with van der Waals surface area (Å²) in [6.07, 6.45) is 2.78. The number of aromatic nitrogens is 1. The summed E-state index contributed by atoms with van der Waals surface area (Å²) in [4.78, 5) is 4.33. The van der Waals surface area contributed by atoms with Gasteiger partial charge in [-0.15, -0.1) is 11.8 Å². The molecule has 1 aromatic heterocycles. The number of pyridine rings is 1. The van der Waals surface area contributed by atoms with E-state index in [-0.39, 0.29) is 0 Å². The Bertz CT molecular complexity index is 556. The number of ether oxygens (including phenoxy) is 1. The van der Waals surface area contributed by atoms with Crippen molar-refractivity contribution >= 4 is 17.4 Å². The van der Waals surface area contributed by atoms with E-state index in [9.17, 15) is 0 Å². The topological polar surface area (TPSA) is 48.1 Å². The van der Waals surface area contributed by atoms with Crippen LogP contribution < -0.4 is 10.5 Å². The van der Waals surface area contributed by atoms with Crippen LogP contribution in [0.15, 0.2) is 47.6 Å². The third kappa shape index (κ3) is 2.84. The number of nitrogen functional groups attached to an aromatic ring is 1. The van der Waals surface area contributed by atoms with Crippen molar-refractivity contribution in [3.63, 3.8) is 0 Å². The van der Waals surface area contributed by atoms with Gasteiger partial charge >= 0.3 is 0 Å². The maximum atomic E-state index is 5.68. The number of para-hydroxylation sites is 1. The van der Waals surface area contributed by atoms with E-state index in [1.807, 2.05) is 24.3 Å². The zero-order chi connectivity index (χ0) is 13.1. The Labute approximate surface area is 117 Å². The summed E-state index contributed by atoms with van der Waals surface area (Å²) in [7, 11) is 0. The van der Waals surface area contributed by atoms with Crippen LogP contribution >= 0.6 is 11.8 Å². The van der Waals surface area contributed by atoms with Crippen molar-refractivity contribution in [3.05, 3.63) is 48.2 Å². The molecule has 4 heteroatoms. The van der Waals surface area contributed by atoms with Crippen molar-refractivity contribution in [2.75, 3.05) is 18.1 Å². The number of nitrogens with zero attached hydrogens (tertiary/aromatic N) is 1. The van der Waals surface area contributed by atoms with Gasteiger partial charge in [-0.25, -0.2) is 4.98 Å². The Kier molecular flexibility index (Phi) is 3.60. The van der Waals surface area contributed by atoms with Crippen LogP contribution in [0.2, 0.25) is 0 Å². The van der Waals surface area contributed by atoms with E-state index >= 15 is 0 Å². The molecule has 3 nitrogen and oxygen atoms in total. The lowest BCUT2D eigenvalue weighted by Gasteiger charge is -2.25. The normalized spacial score (nSPS) is 17.6.